The van der Waals surface area contributed by atoms with Crippen LogP contribution in [-0.2, 0) is 9.53 Å². The van der Waals surface area contributed by atoms with Crippen LogP contribution in [0.5, 0.6) is 0 Å². The second-order valence-corrected chi connectivity index (χ2v) is 15.5. The molecular weight excluding hydrogens is 464 g/mol. The van der Waals surface area contributed by atoms with Gasteiger partial charge in [0.15, 0.2) is 0 Å². The van der Waals surface area contributed by atoms with Crippen LogP contribution >= 0.6 is 0 Å². The summed E-state index contributed by atoms with van der Waals surface area (Å²) in [7, 11) is 0. The first kappa shape index (κ1) is 29.9. The SMILES string of the molecule is CCCCCC(=O)OC1CC[C@]2(C)C3=C(CCC2C1(C)C)[C@]1(C)CC[C@H]([C@H](C)CCC=C(C)C)[C@]1(C)CC3. The average molecular weight is 525 g/mol. The molecule has 2 unspecified atom stereocenters. The zero-order chi connectivity index (χ0) is 27.9. The Bertz CT molecular complexity index is 935. The molecule has 38 heavy (non-hydrogen) atoms. The Morgan fingerprint density at radius 1 is 0.974 bits per heavy atom. The molecule has 0 aromatic carbocycles. The number of unbranched alkanes of at least 4 members (excludes halogenated alkanes) is 2. The van der Waals surface area contributed by atoms with E-state index in [2.05, 4.69) is 68.4 Å². The highest BCUT2D eigenvalue weighted by Gasteiger charge is 2.63. The normalized spacial score (nSPS) is 38.6. The van der Waals surface area contributed by atoms with Crippen molar-refractivity contribution in [1.29, 1.82) is 0 Å². The van der Waals surface area contributed by atoms with Crippen LogP contribution in [0.25, 0.3) is 0 Å². The van der Waals surface area contributed by atoms with E-state index in [-0.39, 0.29) is 22.9 Å². The average Bonchev–Trinajstić information content (AvgIpc) is 3.12. The lowest BCUT2D eigenvalue weighted by atomic mass is 9.43. The van der Waals surface area contributed by atoms with E-state index in [4.69, 9.17) is 4.74 Å². The van der Waals surface area contributed by atoms with Crippen LogP contribution in [0.15, 0.2) is 22.8 Å². The highest BCUT2D eigenvalue weighted by Crippen LogP contribution is 2.72. The molecule has 7 atom stereocenters. The van der Waals surface area contributed by atoms with E-state index in [0.717, 1.165) is 37.5 Å². The highest BCUT2D eigenvalue weighted by atomic mass is 16.5. The number of allylic oxidation sites excluding steroid dienone is 4. The molecule has 2 fully saturated rings. The Hall–Kier alpha value is -1.05. The van der Waals surface area contributed by atoms with Crippen molar-refractivity contribution in [2.24, 2.45) is 39.4 Å². The number of esters is 1. The topological polar surface area (TPSA) is 26.3 Å². The summed E-state index contributed by atoms with van der Waals surface area (Å²) in [4.78, 5) is 12.7. The Morgan fingerprint density at radius 3 is 2.39 bits per heavy atom. The Labute approximate surface area is 235 Å². The summed E-state index contributed by atoms with van der Waals surface area (Å²) in [6.07, 6.45) is 19.1. The van der Waals surface area contributed by atoms with Crippen LogP contribution < -0.4 is 0 Å². The van der Waals surface area contributed by atoms with E-state index in [1.54, 1.807) is 0 Å². The number of hydrogen-bond donors (Lipinski definition) is 0. The number of fused-ring (bicyclic) bond motifs is 4. The third kappa shape index (κ3) is 4.98. The van der Waals surface area contributed by atoms with Gasteiger partial charge in [-0.15, -0.1) is 0 Å². The van der Waals surface area contributed by atoms with Gasteiger partial charge in [0.05, 0.1) is 0 Å². The molecule has 0 bridgehead atoms. The van der Waals surface area contributed by atoms with Crippen LogP contribution in [0.4, 0.5) is 0 Å². The quantitative estimate of drug-likeness (QED) is 0.170. The van der Waals surface area contributed by atoms with Crippen molar-refractivity contribution in [2.45, 2.75) is 158 Å². The molecule has 0 aromatic rings. The summed E-state index contributed by atoms with van der Waals surface area (Å²) >= 11 is 0. The van der Waals surface area contributed by atoms with E-state index in [1.807, 2.05) is 11.1 Å². The van der Waals surface area contributed by atoms with Gasteiger partial charge in [-0.2, -0.15) is 0 Å². The van der Waals surface area contributed by atoms with E-state index in [1.165, 1.54) is 63.4 Å². The lowest BCUT2D eigenvalue weighted by Gasteiger charge is -2.62. The Morgan fingerprint density at radius 2 is 1.71 bits per heavy atom. The van der Waals surface area contributed by atoms with Crippen molar-refractivity contribution in [1.82, 2.24) is 0 Å². The number of rotatable bonds is 9. The fourth-order valence-electron chi connectivity index (χ4n) is 10.4. The molecule has 0 aromatic heterocycles. The highest BCUT2D eigenvalue weighted by molar-refractivity contribution is 5.69. The molecule has 0 aliphatic heterocycles. The van der Waals surface area contributed by atoms with Crippen molar-refractivity contribution >= 4 is 5.97 Å². The van der Waals surface area contributed by atoms with Crippen molar-refractivity contribution < 1.29 is 9.53 Å². The van der Waals surface area contributed by atoms with Gasteiger partial charge in [-0.25, -0.2) is 0 Å². The Kier molecular flexibility index (Phi) is 8.73. The van der Waals surface area contributed by atoms with E-state index in [9.17, 15) is 4.79 Å². The number of carbonyl (C=O) groups is 1. The van der Waals surface area contributed by atoms with Crippen LogP contribution in [-0.4, -0.2) is 12.1 Å². The minimum Gasteiger partial charge on any atom is -0.462 e. The van der Waals surface area contributed by atoms with Crippen molar-refractivity contribution in [3.63, 3.8) is 0 Å². The first-order valence-electron chi connectivity index (χ1n) is 16.4. The lowest BCUT2D eigenvalue weighted by Crippen LogP contribution is -2.55. The predicted octanol–water partition coefficient (Wildman–Crippen LogP) is 10.6. The second-order valence-electron chi connectivity index (χ2n) is 15.5. The third-order valence-electron chi connectivity index (χ3n) is 12.9. The molecule has 2 nitrogen and oxygen atoms in total. The predicted molar refractivity (Wildman–Crippen MR) is 161 cm³/mol. The van der Waals surface area contributed by atoms with Crippen LogP contribution in [0.2, 0.25) is 0 Å². The first-order chi connectivity index (χ1) is 17.8. The summed E-state index contributed by atoms with van der Waals surface area (Å²) in [6.45, 7) is 22.0. The van der Waals surface area contributed by atoms with E-state index >= 15 is 0 Å². The molecule has 4 aliphatic rings. The molecule has 2 heteroatoms. The fraction of sp³-hybridized carbons (Fsp3) is 0.861. The molecule has 0 amide bonds. The summed E-state index contributed by atoms with van der Waals surface area (Å²) in [5.74, 6) is 2.28. The van der Waals surface area contributed by atoms with E-state index < -0.39 is 0 Å². The zero-order valence-electron chi connectivity index (χ0n) is 26.6. The summed E-state index contributed by atoms with van der Waals surface area (Å²) in [5, 5.41) is 0. The smallest absolute Gasteiger partial charge is 0.306 e. The fourth-order valence-corrected chi connectivity index (χ4v) is 10.4. The van der Waals surface area contributed by atoms with Crippen molar-refractivity contribution in [3.05, 3.63) is 22.8 Å². The standard InChI is InChI=1S/C36H60O2/c1-10-11-12-16-32(37)38-31-21-22-34(7)28-20-24-35(8)27(26(4)15-13-14-25(2)3)19-23-36(35,9)29(28)17-18-30(34)33(31,5)6/h14,26-27,30-31H,10-13,15-24H2,1-9H3/t26-,27-,30?,31?,34-,35+,36+/m1/s1. The first-order valence-corrected chi connectivity index (χ1v) is 16.4. The molecule has 4 aliphatic carbocycles. The van der Waals surface area contributed by atoms with Gasteiger partial charge in [-0.05, 0) is 118 Å². The van der Waals surface area contributed by atoms with Crippen molar-refractivity contribution in [2.75, 3.05) is 0 Å². The van der Waals surface area contributed by atoms with Crippen LogP contribution in [0, 0.1) is 39.4 Å². The number of ether oxygens (including phenoxy) is 1. The summed E-state index contributed by atoms with van der Waals surface area (Å²) in [6, 6.07) is 0. The second kappa shape index (κ2) is 11.1. The number of carbonyl (C=O) groups excluding carboxylic acids is 1. The van der Waals surface area contributed by atoms with Gasteiger partial charge in [0.2, 0.25) is 0 Å². The molecule has 0 saturated heterocycles. The maximum Gasteiger partial charge on any atom is 0.306 e. The molecule has 0 radical (unpaired) electrons. The van der Waals surface area contributed by atoms with Gasteiger partial charge in [-0.3, -0.25) is 4.79 Å². The van der Waals surface area contributed by atoms with E-state index in [0.29, 0.717) is 23.2 Å². The van der Waals surface area contributed by atoms with Gasteiger partial charge >= 0.3 is 5.97 Å². The van der Waals surface area contributed by atoms with Gasteiger partial charge < -0.3 is 4.74 Å². The molecule has 0 N–H and O–H groups in total. The van der Waals surface area contributed by atoms with Crippen LogP contribution in [0.3, 0.4) is 0 Å². The zero-order valence-corrected chi connectivity index (χ0v) is 26.6. The molecular formula is C36H60O2. The van der Waals surface area contributed by atoms with Crippen LogP contribution in [0.1, 0.15) is 152 Å². The molecule has 0 spiro atoms. The molecule has 0 heterocycles. The van der Waals surface area contributed by atoms with Gasteiger partial charge in [0.1, 0.15) is 6.10 Å². The molecule has 4 rings (SSSR count). The minimum atomic E-state index is 0.0330. The Balaban J connectivity index is 1.54. The third-order valence-corrected chi connectivity index (χ3v) is 12.9. The minimum absolute atomic E-state index is 0.0330. The monoisotopic (exact) mass is 524 g/mol. The molecule has 216 valence electrons. The van der Waals surface area contributed by atoms with Gasteiger partial charge in [0.25, 0.3) is 0 Å². The summed E-state index contributed by atoms with van der Waals surface area (Å²) < 4.78 is 6.22. The largest absolute Gasteiger partial charge is 0.462 e. The van der Waals surface area contributed by atoms with Gasteiger partial charge in [0, 0.05) is 11.8 Å². The summed E-state index contributed by atoms with van der Waals surface area (Å²) in [5.41, 5.74) is 6.25. The van der Waals surface area contributed by atoms with Gasteiger partial charge in [-0.1, -0.05) is 84.1 Å². The number of hydrogen-bond acceptors (Lipinski definition) is 2. The lowest BCUT2D eigenvalue weighted by molar-refractivity contribution is -0.170. The maximum atomic E-state index is 12.7. The maximum absolute atomic E-state index is 12.7. The molecule has 2 saturated carbocycles. The van der Waals surface area contributed by atoms with Crippen molar-refractivity contribution in [3.8, 4) is 0 Å².